The van der Waals surface area contributed by atoms with Crippen LogP contribution in [0.25, 0.3) is 0 Å². The van der Waals surface area contributed by atoms with Gasteiger partial charge in [-0.15, -0.1) is 0 Å². The van der Waals surface area contributed by atoms with Crippen LogP contribution in [0.3, 0.4) is 0 Å². The molecule has 7 heteroatoms. The van der Waals surface area contributed by atoms with Gasteiger partial charge in [0.05, 0.1) is 0 Å². The molecular formula is C19H22N4O3. The van der Waals surface area contributed by atoms with Gasteiger partial charge in [-0.3, -0.25) is 9.59 Å². The lowest BCUT2D eigenvalue weighted by Gasteiger charge is -2.10. The van der Waals surface area contributed by atoms with Gasteiger partial charge >= 0.3 is 6.03 Å². The third-order valence-corrected chi connectivity index (χ3v) is 3.45. The minimum absolute atomic E-state index is 0.119. The molecule has 2 rings (SSSR count). The van der Waals surface area contributed by atoms with Crippen molar-refractivity contribution in [3.63, 3.8) is 0 Å². The van der Waals surface area contributed by atoms with Crippen molar-refractivity contribution in [3.05, 3.63) is 54.1 Å². The van der Waals surface area contributed by atoms with Gasteiger partial charge in [0.1, 0.15) is 0 Å². The number of urea groups is 1. The van der Waals surface area contributed by atoms with Gasteiger partial charge in [-0.2, -0.15) is 0 Å². The van der Waals surface area contributed by atoms with Crippen LogP contribution in [0.1, 0.15) is 30.6 Å². The molecule has 2 aromatic carbocycles. The Morgan fingerprint density at radius 2 is 1.42 bits per heavy atom. The molecular weight excluding hydrogens is 332 g/mol. The van der Waals surface area contributed by atoms with Crippen molar-refractivity contribution in [2.45, 2.75) is 20.3 Å². The van der Waals surface area contributed by atoms with Crippen LogP contribution in [-0.4, -0.2) is 24.4 Å². The van der Waals surface area contributed by atoms with Crippen LogP contribution in [0, 0.1) is 0 Å². The fourth-order valence-electron chi connectivity index (χ4n) is 2.20. The summed E-state index contributed by atoms with van der Waals surface area (Å²) in [5.74, 6) is -0.431. The Balaban J connectivity index is 2.06. The highest BCUT2D eigenvalue weighted by Gasteiger charge is 2.09. The average molecular weight is 354 g/mol. The highest BCUT2D eigenvalue weighted by Crippen LogP contribution is 2.17. The fourth-order valence-corrected chi connectivity index (χ4v) is 2.20. The molecule has 136 valence electrons. The second kappa shape index (κ2) is 9.22. The zero-order valence-corrected chi connectivity index (χ0v) is 14.8. The minimum atomic E-state index is -0.312. The number of rotatable bonds is 6. The molecule has 0 aliphatic rings. The van der Waals surface area contributed by atoms with Gasteiger partial charge in [-0.05, 0) is 43.3 Å². The number of anilines is 3. The van der Waals surface area contributed by atoms with Gasteiger partial charge < -0.3 is 21.3 Å². The smallest absolute Gasteiger partial charge is 0.319 e. The Morgan fingerprint density at radius 1 is 0.808 bits per heavy atom. The maximum atomic E-state index is 12.4. The minimum Gasteiger partial charge on any atom is -0.338 e. The van der Waals surface area contributed by atoms with Crippen molar-refractivity contribution < 1.29 is 14.4 Å². The van der Waals surface area contributed by atoms with Gasteiger partial charge in [0.25, 0.3) is 5.91 Å². The zero-order valence-electron chi connectivity index (χ0n) is 14.8. The van der Waals surface area contributed by atoms with Crippen molar-refractivity contribution in [1.29, 1.82) is 0 Å². The predicted octanol–water partition coefficient (Wildman–Crippen LogP) is 3.43. The van der Waals surface area contributed by atoms with E-state index < -0.39 is 0 Å². The van der Waals surface area contributed by atoms with Crippen LogP contribution < -0.4 is 21.3 Å². The quantitative estimate of drug-likeness (QED) is 0.639. The number of hydrogen-bond donors (Lipinski definition) is 4. The van der Waals surface area contributed by atoms with E-state index in [2.05, 4.69) is 21.3 Å². The normalized spacial score (nSPS) is 9.92. The van der Waals surface area contributed by atoms with E-state index in [4.69, 9.17) is 0 Å². The predicted molar refractivity (Wildman–Crippen MR) is 102 cm³/mol. The second-order valence-corrected chi connectivity index (χ2v) is 5.50. The lowest BCUT2D eigenvalue weighted by Crippen LogP contribution is -2.28. The molecule has 7 nitrogen and oxygen atoms in total. The van der Waals surface area contributed by atoms with E-state index in [1.165, 1.54) is 0 Å². The molecule has 0 spiro atoms. The van der Waals surface area contributed by atoms with Crippen LogP contribution in [0.15, 0.2) is 48.5 Å². The highest BCUT2D eigenvalue weighted by atomic mass is 16.2. The van der Waals surface area contributed by atoms with Gasteiger partial charge in [-0.1, -0.05) is 19.1 Å². The largest absolute Gasteiger partial charge is 0.338 e. The first-order valence-corrected chi connectivity index (χ1v) is 8.38. The molecule has 0 atom stereocenters. The SMILES string of the molecule is CCNC(=O)Nc1cccc(NC(=O)c2cccc(NC(=O)CC)c2)c1. The van der Waals surface area contributed by atoms with E-state index in [1.807, 2.05) is 6.92 Å². The number of benzene rings is 2. The standard InChI is InChI=1S/C19H22N4O3/c1-3-17(24)21-14-8-5-7-13(11-14)18(25)22-15-9-6-10-16(12-15)23-19(26)20-4-2/h5-12H,3-4H2,1-2H3,(H,21,24)(H,22,25)(H2,20,23,26). The molecule has 4 N–H and O–H groups in total. The molecule has 2 aromatic rings. The van der Waals surface area contributed by atoms with Crippen molar-refractivity contribution in [3.8, 4) is 0 Å². The van der Waals surface area contributed by atoms with Crippen molar-refractivity contribution in [2.75, 3.05) is 22.5 Å². The summed E-state index contributed by atoms with van der Waals surface area (Å²) in [4.78, 5) is 35.5. The summed E-state index contributed by atoms with van der Waals surface area (Å²) in [5.41, 5.74) is 2.10. The monoisotopic (exact) mass is 354 g/mol. The summed E-state index contributed by atoms with van der Waals surface area (Å²) in [6.45, 7) is 4.11. The Bertz CT molecular complexity index is 805. The van der Waals surface area contributed by atoms with E-state index in [1.54, 1.807) is 55.5 Å². The lowest BCUT2D eigenvalue weighted by molar-refractivity contribution is -0.115. The van der Waals surface area contributed by atoms with E-state index in [0.717, 1.165) is 0 Å². The Kier molecular flexibility index (Phi) is 6.73. The fraction of sp³-hybridized carbons (Fsp3) is 0.211. The Hall–Kier alpha value is -3.35. The molecule has 0 fully saturated rings. The molecule has 0 heterocycles. The summed E-state index contributed by atoms with van der Waals surface area (Å²) in [6, 6.07) is 13.2. The molecule has 0 unspecified atom stereocenters. The summed E-state index contributed by atoms with van der Waals surface area (Å²) in [5, 5.41) is 10.8. The summed E-state index contributed by atoms with van der Waals surface area (Å²) >= 11 is 0. The average Bonchev–Trinajstić information content (AvgIpc) is 2.62. The number of nitrogens with one attached hydrogen (secondary N) is 4. The maximum Gasteiger partial charge on any atom is 0.319 e. The van der Waals surface area contributed by atoms with Crippen LogP contribution >= 0.6 is 0 Å². The van der Waals surface area contributed by atoms with Crippen LogP contribution in [0.2, 0.25) is 0 Å². The first-order chi connectivity index (χ1) is 12.5. The van der Waals surface area contributed by atoms with Crippen molar-refractivity contribution in [1.82, 2.24) is 5.32 Å². The maximum absolute atomic E-state index is 12.4. The van der Waals surface area contributed by atoms with Crippen molar-refractivity contribution >= 4 is 34.9 Å². The first-order valence-electron chi connectivity index (χ1n) is 8.38. The second-order valence-electron chi connectivity index (χ2n) is 5.50. The van der Waals surface area contributed by atoms with Gasteiger partial charge in [-0.25, -0.2) is 4.79 Å². The Morgan fingerprint density at radius 3 is 2.08 bits per heavy atom. The molecule has 26 heavy (non-hydrogen) atoms. The number of carbonyl (C=O) groups is 3. The molecule has 0 radical (unpaired) electrons. The van der Waals surface area contributed by atoms with Crippen LogP contribution in [0.5, 0.6) is 0 Å². The molecule has 4 amide bonds. The molecule has 0 aliphatic carbocycles. The van der Waals surface area contributed by atoms with Crippen LogP contribution in [-0.2, 0) is 4.79 Å². The molecule has 0 saturated heterocycles. The third-order valence-electron chi connectivity index (χ3n) is 3.45. The molecule has 0 aromatic heterocycles. The van der Waals surface area contributed by atoms with Gasteiger partial charge in [0.15, 0.2) is 0 Å². The van der Waals surface area contributed by atoms with E-state index in [9.17, 15) is 14.4 Å². The van der Waals surface area contributed by atoms with E-state index >= 15 is 0 Å². The van der Waals surface area contributed by atoms with Crippen molar-refractivity contribution in [2.24, 2.45) is 0 Å². The molecule has 0 aliphatic heterocycles. The first kappa shape index (κ1) is 19.0. The summed E-state index contributed by atoms with van der Waals surface area (Å²) in [6.07, 6.45) is 0.363. The van der Waals surface area contributed by atoms with Gasteiger partial charge in [0.2, 0.25) is 5.91 Å². The topological polar surface area (TPSA) is 99.3 Å². The highest BCUT2D eigenvalue weighted by molar-refractivity contribution is 6.05. The molecule has 0 bridgehead atoms. The number of carbonyl (C=O) groups excluding carboxylic acids is 3. The lowest BCUT2D eigenvalue weighted by atomic mass is 10.1. The Labute approximate surface area is 152 Å². The summed E-state index contributed by atoms with van der Waals surface area (Å²) < 4.78 is 0. The molecule has 0 saturated carbocycles. The van der Waals surface area contributed by atoms with Gasteiger partial charge in [0, 0.05) is 35.6 Å². The van der Waals surface area contributed by atoms with E-state index in [0.29, 0.717) is 35.6 Å². The van der Waals surface area contributed by atoms with Crippen LogP contribution in [0.4, 0.5) is 21.9 Å². The number of hydrogen-bond acceptors (Lipinski definition) is 3. The summed E-state index contributed by atoms with van der Waals surface area (Å²) in [7, 11) is 0. The van der Waals surface area contributed by atoms with E-state index in [-0.39, 0.29) is 17.8 Å². The number of amides is 4. The zero-order chi connectivity index (χ0) is 18.9. The third kappa shape index (κ3) is 5.62.